The lowest BCUT2D eigenvalue weighted by Crippen LogP contribution is -2.41. The molecule has 0 N–H and O–H groups in total. The van der Waals surface area contributed by atoms with Gasteiger partial charge in [-0.15, -0.1) is 0 Å². The van der Waals surface area contributed by atoms with E-state index in [2.05, 4.69) is 27.0 Å². The van der Waals surface area contributed by atoms with Crippen molar-refractivity contribution in [3.63, 3.8) is 0 Å². The largest absolute Gasteiger partial charge is 0.464 e. The third kappa shape index (κ3) is 3.85. The van der Waals surface area contributed by atoms with Crippen molar-refractivity contribution < 1.29 is 9.15 Å². The smallest absolute Gasteiger partial charge is 0.255 e. The first-order chi connectivity index (χ1) is 15.2. The summed E-state index contributed by atoms with van der Waals surface area (Å²) in [5.41, 5.74) is 3.10. The van der Waals surface area contributed by atoms with Gasteiger partial charge in [-0.2, -0.15) is 0 Å². The first-order valence-corrected chi connectivity index (χ1v) is 10.0. The quantitative estimate of drug-likeness (QED) is 0.506. The number of anilines is 1. The van der Waals surface area contributed by atoms with Gasteiger partial charge in [-0.25, -0.2) is 15.0 Å². The summed E-state index contributed by atoms with van der Waals surface area (Å²) >= 11 is 0. The van der Waals surface area contributed by atoms with Crippen molar-refractivity contribution in [3.8, 4) is 22.7 Å². The molecule has 1 saturated heterocycles. The van der Waals surface area contributed by atoms with E-state index in [-0.39, 0.29) is 11.7 Å². The molecule has 3 aromatic heterocycles. The minimum Gasteiger partial charge on any atom is -0.464 e. The molecule has 8 nitrogen and oxygen atoms in total. The maximum Gasteiger partial charge on any atom is 0.255 e. The van der Waals surface area contributed by atoms with Crippen LogP contribution in [-0.2, 0) is 11.8 Å². The predicted octanol–water partition coefficient (Wildman–Crippen LogP) is 3.08. The molecule has 1 fully saturated rings. The average molecular weight is 415 g/mol. The highest BCUT2D eigenvalue weighted by Gasteiger charge is 2.25. The highest BCUT2D eigenvalue weighted by atomic mass is 16.5. The molecular formula is C23H21N5O3. The van der Waals surface area contributed by atoms with Gasteiger partial charge < -0.3 is 14.1 Å². The zero-order chi connectivity index (χ0) is 21.2. The Morgan fingerprint density at radius 3 is 2.71 bits per heavy atom. The van der Waals surface area contributed by atoms with Crippen LogP contribution in [0.15, 0.2) is 76.5 Å². The summed E-state index contributed by atoms with van der Waals surface area (Å²) in [6.07, 6.45) is 4.63. The summed E-state index contributed by atoms with van der Waals surface area (Å²) < 4.78 is 13.1. The zero-order valence-electron chi connectivity index (χ0n) is 17.0. The molecule has 0 amide bonds. The fourth-order valence-corrected chi connectivity index (χ4v) is 3.72. The van der Waals surface area contributed by atoms with Crippen LogP contribution in [0.3, 0.4) is 0 Å². The van der Waals surface area contributed by atoms with E-state index >= 15 is 0 Å². The number of hydrogen-bond donors (Lipinski definition) is 0. The monoisotopic (exact) mass is 415 g/mol. The number of aromatic nitrogens is 4. The number of rotatable bonds is 4. The second-order valence-electron chi connectivity index (χ2n) is 7.34. The van der Waals surface area contributed by atoms with Crippen molar-refractivity contribution >= 4 is 5.95 Å². The summed E-state index contributed by atoms with van der Waals surface area (Å²) in [7, 11) is 1.73. The third-order valence-corrected chi connectivity index (χ3v) is 5.39. The van der Waals surface area contributed by atoms with Crippen LogP contribution >= 0.6 is 0 Å². The van der Waals surface area contributed by atoms with Crippen LogP contribution in [0, 0.1) is 0 Å². The highest BCUT2D eigenvalue weighted by molar-refractivity contribution is 5.58. The Balaban J connectivity index is 1.42. The van der Waals surface area contributed by atoms with Crippen molar-refractivity contribution in [3.05, 3.63) is 83.2 Å². The van der Waals surface area contributed by atoms with Crippen LogP contribution in [0.1, 0.15) is 11.7 Å². The van der Waals surface area contributed by atoms with E-state index in [9.17, 15) is 4.79 Å². The van der Waals surface area contributed by atoms with Crippen molar-refractivity contribution in [1.29, 1.82) is 0 Å². The Hall–Kier alpha value is -3.78. The normalized spacial score (nSPS) is 16.4. The summed E-state index contributed by atoms with van der Waals surface area (Å²) in [6.45, 7) is 1.78. The molecule has 31 heavy (non-hydrogen) atoms. The van der Waals surface area contributed by atoms with Crippen LogP contribution in [-0.4, -0.2) is 39.2 Å². The minimum absolute atomic E-state index is 0.126. The number of benzene rings is 1. The van der Waals surface area contributed by atoms with E-state index in [1.807, 2.05) is 24.3 Å². The zero-order valence-corrected chi connectivity index (χ0v) is 17.0. The molecule has 4 heterocycles. The molecule has 0 aliphatic carbocycles. The van der Waals surface area contributed by atoms with Gasteiger partial charge in [0, 0.05) is 31.4 Å². The van der Waals surface area contributed by atoms with Crippen molar-refractivity contribution in [2.45, 2.75) is 6.10 Å². The van der Waals surface area contributed by atoms with Crippen LogP contribution in [0.4, 0.5) is 5.95 Å². The Kier molecular flexibility index (Phi) is 5.05. The van der Waals surface area contributed by atoms with Gasteiger partial charge >= 0.3 is 0 Å². The molecule has 1 aliphatic heterocycles. The first kappa shape index (κ1) is 19.2. The van der Waals surface area contributed by atoms with Gasteiger partial charge in [0.25, 0.3) is 5.56 Å². The molecule has 0 radical (unpaired) electrons. The predicted molar refractivity (Wildman–Crippen MR) is 116 cm³/mol. The number of furan rings is 1. The Morgan fingerprint density at radius 2 is 1.97 bits per heavy atom. The SMILES string of the molecule is Cn1c(N2CCOC(c3ccc(-c4ccco4)cc3)C2)nc(-c2ccncn2)cc1=O. The molecule has 1 unspecified atom stereocenters. The van der Waals surface area contributed by atoms with Gasteiger partial charge in [0.15, 0.2) is 0 Å². The second-order valence-corrected chi connectivity index (χ2v) is 7.34. The maximum atomic E-state index is 12.6. The van der Waals surface area contributed by atoms with Crippen molar-refractivity contribution in [1.82, 2.24) is 19.5 Å². The fourth-order valence-electron chi connectivity index (χ4n) is 3.72. The summed E-state index contributed by atoms with van der Waals surface area (Å²) in [5, 5.41) is 0. The van der Waals surface area contributed by atoms with Gasteiger partial charge in [0.1, 0.15) is 18.2 Å². The topological polar surface area (TPSA) is 86.3 Å². The van der Waals surface area contributed by atoms with Gasteiger partial charge in [-0.3, -0.25) is 9.36 Å². The molecule has 1 aromatic carbocycles. The molecule has 0 bridgehead atoms. The summed E-state index contributed by atoms with van der Waals surface area (Å²) in [4.78, 5) is 27.6. The van der Waals surface area contributed by atoms with Crippen LogP contribution in [0.2, 0.25) is 0 Å². The molecule has 1 aliphatic rings. The number of hydrogen-bond acceptors (Lipinski definition) is 7. The third-order valence-electron chi connectivity index (χ3n) is 5.39. The lowest BCUT2D eigenvalue weighted by atomic mass is 10.0. The number of ether oxygens (including phenoxy) is 1. The van der Waals surface area contributed by atoms with Gasteiger partial charge in [-0.05, 0) is 23.8 Å². The van der Waals surface area contributed by atoms with Crippen LogP contribution < -0.4 is 10.5 Å². The molecule has 0 spiro atoms. The highest BCUT2D eigenvalue weighted by Crippen LogP contribution is 2.28. The Morgan fingerprint density at radius 1 is 1.10 bits per heavy atom. The summed E-state index contributed by atoms with van der Waals surface area (Å²) in [6, 6.07) is 15.2. The molecule has 156 valence electrons. The second kappa shape index (κ2) is 8.16. The van der Waals surface area contributed by atoms with E-state index in [0.29, 0.717) is 37.0 Å². The number of nitrogens with zero attached hydrogens (tertiary/aromatic N) is 5. The van der Waals surface area contributed by atoms with E-state index < -0.39 is 0 Å². The summed E-state index contributed by atoms with van der Waals surface area (Å²) in [5.74, 6) is 1.43. The molecule has 1 atom stereocenters. The lowest BCUT2D eigenvalue weighted by molar-refractivity contribution is 0.0390. The van der Waals surface area contributed by atoms with Crippen molar-refractivity contribution in [2.75, 3.05) is 24.6 Å². The number of morpholine rings is 1. The maximum absolute atomic E-state index is 12.6. The molecule has 8 heteroatoms. The first-order valence-electron chi connectivity index (χ1n) is 10.0. The van der Waals surface area contributed by atoms with Gasteiger partial charge in [-0.1, -0.05) is 24.3 Å². The van der Waals surface area contributed by atoms with Gasteiger partial charge in [0.2, 0.25) is 5.95 Å². The molecular weight excluding hydrogens is 394 g/mol. The van der Waals surface area contributed by atoms with Crippen LogP contribution in [0.25, 0.3) is 22.7 Å². The molecule has 0 saturated carbocycles. The average Bonchev–Trinajstić information content (AvgIpc) is 3.37. The van der Waals surface area contributed by atoms with E-state index in [1.165, 1.54) is 12.4 Å². The van der Waals surface area contributed by atoms with Gasteiger partial charge in [0.05, 0.1) is 30.8 Å². The lowest BCUT2D eigenvalue weighted by Gasteiger charge is -2.34. The fraction of sp³-hybridized carbons (Fsp3) is 0.217. The van der Waals surface area contributed by atoms with Crippen LogP contribution in [0.5, 0.6) is 0 Å². The van der Waals surface area contributed by atoms with E-state index in [4.69, 9.17) is 14.1 Å². The Bertz CT molecular complexity index is 1220. The van der Waals surface area contributed by atoms with E-state index in [1.54, 1.807) is 30.1 Å². The minimum atomic E-state index is -0.135. The Labute approximate surface area is 178 Å². The standard InChI is InChI=1S/C23H21N5O3/c1-27-22(29)13-19(18-8-9-24-15-25-18)26-23(27)28-10-12-31-21(14-28)17-6-4-16(5-7-17)20-3-2-11-30-20/h2-9,11,13,15,21H,10,12,14H2,1H3. The molecule has 4 aromatic rings. The molecule has 5 rings (SSSR count). The van der Waals surface area contributed by atoms with E-state index in [0.717, 1.165) is 16.9 Å². The van der Waals surface area contributed by atoms with Crippen molar-refractivity contribution in [2.24, 2.45) is 7.05 Å².